The van der Waals surface area contributed by atoms with Gasteiger partial charge in [0.25, 0.3) is 0 Å². The van der Waals surface area contributed by atoms with Crippen molar-refractivity contribution < 1.29 is 58.0 Å². The number of fused-ring (bicyclic) bond motifs is 3. The molecule has 83 heavy (non-hydrogen) atoms. The monoisotopic (exact) mass is 1210 g/mol. The molecule has 0 bridgehead atoms. The Labute approximate surface area is 500 Å². The molecule has 0 spiro atoms. The number of hydrogen-bond acceptors (Lipinski definition) is 16. The van der Waals surface area contributed by atoms with Crippen LogP contribution in [0.15, 0.2) is 54.6 Å². The first-order valence-electron chi connectivity index (χ1n) is 27.0. The highest BCUT2D eigenvalue weighted by Crippen LogP contribution is 2.30. The number of alkyl carbamates (subject to hydrolysis) is 2. The molecule has 3 aliphatic heterocycles. The van der Waals surface area contributed by atoms with E-state index < -0.39 is 71.5 Å². The largest absolute Gasteiger partial charge is 0.480 e. The Morgan fingerprint density at radius 2 is 0.904 bits per heavy atom. The molecular formula is C57H92Cl2N12O12. The number of amides is 7. The summed E-state index contributed by atoms with van der Waals surface area (Å²) in [6.07, 6.45) is 1.35. The van der Waals surface area contributed by atoms with Crippen molar-refractivity contribution >= 4 is 107 Å². The fourth-order valence-electron chi connectivity index (χ4n) is 8.11. The Morgan fingerprint density at radius 3 is 1.25 bits per heavy atom. The highest BCUT2D eigenvalue weighted by molar-refractivity contribution is 6.04. The minimum absolute atomic E-state index is 0. The Balaban J connectivity index is 0.00000109. The van der Waals surface area contributed by atoms with E-state index in [1.54, 1.807) is 72.7 Å². The number of hydrogen-bond donors (Lipinski definition) is 14. The van der Waals surface area contributed by atoms with Gasteiger partial charge in [-0.3, -0.25) is 24.0 Å². The zero-order valence-electron chi connectivity index (χ0n) is 50.0. The summed E-state index contributed by atoms with van der Waals surface area (Å²) >= 11 is 0. The van der Waals surface area contributed by atoms with Crippen molar-refractivity contribution in [3.63, 3.8) is 0 Å². The molecule has 0 fully saturated rings. The number of carboxylic acids is 1. The SMILES string of the molecule is CC(C)C[C@@H](N)C(=O)NC1Cc2cccc(N)c2NC1=O.CC(C)C[C@@H](NC(=O)OC(C)(C)C)C(=O)NC1Cc2cccc(N)c2NC1=O.CC(C)C[C@@H](NC(=O)OC(C)(C)C)C(=O)O.CCO.Cl.Cl.Nc1cccc2c1NC(=O)C(N)C2. The van der Waals surface area contributed by atoms with Crippen LogP contribution in [0, 0.1) is 17.8 Å². The Kier molecular flexibility index (Phi) is 32.1. The molecule has 6 rings (SSSR count). The van der Waals surface area contributed by atoms with E-state index >= 15 is 0 Å². The van der Waals surface area contributed by atoms with Crippen LogP contribution in [0.3, 0.4) is 0 Å². The molecule has 3 unspecified atom stereocenters. The average molecular weight is 1210 g/mol. The Bertz CT molecular complexity index is 2650. The molecule has 0 aromatic heterocycles. The first kappa shape index (κ1) is 75.9. The average Bonchev–Trinajstić information content (AvgIpc) is 3.47. The quantitative estimate of drug-likeness (QED) is 0.0905. The lowest BCUT2D eigenvalue weighted by atomic mass is 9.97. The van der Waals surface area contributed by atoms with E-state index in [4.69, 9.17) is 48.4 Å². The van der Waals surface area contributed by atoms with Crippen LogP contribution < -0.4 is 65.9 Å². The Morgan fingerprint density at radius 1 is 0.578 bits per heavy atom. The van der Waals surface area contributed by atoms with Gasteiger partial charge in [0.2, 0.25) is 29.5 Å². The van der Waals surface area contributed by atoms with Gasteiger partial charge in [-0.1, -0.05) is 77.9 Å². The van der Waals surface area contributed by atoms with Crippen LogP contribution >= 0.6 is 24.8 Å². The first-order valence-corrected chi connectivity index (χ1v) is 27.0. The summed E-state index contributed by atoms with van der Waals surface area (Å²) in [5.74, 6) is -1.84. The normalized spacial score (nSPS) is 16.7. The zero-order chi connectivity index (χ0) is 61.7. The summed E-state index contributed by atoms with van der Waals surface area (Å²) in [6, 6.07) is 12.3. The van der Waals surface area contributed by atoms with Crippen molar-refractivity contribution in [3.8, 4) is 0 Å². The van der Waals surface area contributed by atoms with Gasteiger partial charge in [-0.2, -0.15) is 0 Å². The Hall–Kier alpha value is -7.12. The number of para-hydroxylation sites is 3. The number of rotatable bonds is 13. The van der Waals surface area contributed by atoms with Crippen molar-refractivity contribution in [3.05, 3.63) is 71.3 Å². The third-order valence-electron chi connectivity index (χ3n) is 11.7. The van der Waals surface area contributed by atoms with Gasteiger partial charge in [-0.05, 0) is 127 Å². The fraction of sp³-hybridized carbons (Fsp3) is 0.544. The lowest BCUT2D eigenvalue weighted by Gasteiger charge is -2.29. The van der Waals surface area contributed by atoms with Crippen LogP contribution in [0.4, 0.5) is 43.7 Å². The molecule has 466 valence electrons. The summed E-state index contributed by atoms with van der Waals surface area (Å²) in [5, 5.41) is 35.1. The molecule has 0 aliphatic carbocycles. The number of carbonyl (C=O) groups is 8. The van der Waals surface area contributed by atoms with E-state index in [1.165, 1.54) is 0 Å². The maximum absolute atomic E-state index is 12.8. The molecule has 19 N–H and O–H groups in total. The highest BCUT2D eigenvalue weighted by atomic mass is 35.5. The smallest absolute Gasteiger partial charge is 0.408 e. The third-order valence-corrected chi connectivity index (χ3v) is 11.7. The first-order chi connectivity index (χ1) is 37.5. The van der Waals surface area contributed by atoms with Crippen LogP contribution in [-0.2, 0) is 57.5 Å². The molecule has 0 radical (unpaired) electrons. The third kappa shape index (κ3) is 27.2. The minimum atomic E-state index is -1.04. The second-order valence-corrected chi connectivity index (χ2v) is 23.0. The van der Waals surface area contributed by atoms with E-state index in [-0.39, 0.29) is 66.9 Å². The summed E-state index contributed by atoms with van der Waals surface area (Å²) in [5.41, 5.74) is 33.9. The second kappa shape index (κ2) is 35.1. The van der Waals surface area contributed by atoms with Crippen LogP contribution in [0.5, 0.6) is 0 Å². The molecule has 3 heterocycles. The van der Waals surface area contributed by atoms with Crippen molar-refractivity contribution in [1.82, 2.24) is 21.3 Å². The molecule has 6 atom stereocenters. The number of aliphatic hydroxyl groups is 1. The van der Waals surface area contributed by atoms with Crippen LogP contribution in [-0.4, -0.2) is 112 Å². The number of halogens is 2. The van der Waals surface area contributed by atoms with E-state index in [0.717, 1.165) is 16.7 Å². The van der Waals surface area contributed by atoms with E-state index in [2.05, 4.69) is 37.2 Å². The number of nitrogen functional groups attached to an aromatic ring is 3. The van der Waals surface area contributed by atoms with Crippen molar-refractivity contribution in [1.29, 1.82) is 0 Å². The van der Waals surface area contributed by atoms with Crippen molar-refractivity contribution in [2.45, 2.75) is 176 Å². The molecule has 0 saturated carbocycles. The molecule has 3 aliphatic rings. The number of aliphatic carboxylic acids is 1. The summed E-state index contributed by atoms with van der Waals surface area (Å²) in [7, 11) is 0. The maximum atomic E-state index is 12.8. The molecular weight excluding hydrogens is 1120 g/mol. The maximum Gasteiger partial charge on any atom is 0.408 e. The fourth-order valence-corrected chi connectivity index (χ4v) is 8.11. The molecule has 26 heteroatoms. The predicted molar refractivity (Wildman–Crippen MR) is 329 cm³/mol. The minimum Gasteiger partial charge on any atom is -0.480 e. The van der Waals surface area contributed by atoms with Crippen molar-refractivity contribution in [2.24, 2.45) is 29.2 Å². The predicted octanol–water partition coefficient (Wildman–Crippen LogP) is 5.75. The van der Waals surface area contributed by atoms with Gasteiger partial charge in [0, 0.05) is 19.4 Å². The molecule has 3 aromatic rings. The van der Waals surface area contributed by atoms with E-state index in [9.17, 15) is 38.4 Å². The molecule has 3 aromatic carbocycles. The number of ether oxygens (including phenoxy) is 2. The second-order valence-electron chi connectivity index (χ2n) is 23.0. The standard InChI is InChI=1S/C20H30N4O4.C15H22N4O2.C11H21NO4.C9H11N3O.C2H6O.2ClH/c1-11(2)9-14(23-19(27)28-20(3,4)5)17(25)22-15-10-12-7-6-8-13(21)16(12)24-18(15)26;1-8(2)6-11(17)14(20)18-12-7-9-4-3-5-10(16)13(9)19-15(12)21;1-7(2)6-8(9(13)14)12-10(15)16-11(3,4)5;10-6-3-1-2-5-4-7(11)9(13)12-8(5)6;1-2-3;;/h6-8,11,14-15H,9-10,21H2,1-5H3,(H,22,25)(H,23,27)(H,24,26);3-5,8,11-12H,6-7,16-17H2,1-2H3,(H,18,20)(H,19,21);7-8H,6H2,1-5H3,(H,12,15)(H,13,14);1-3,7H,4,10-11H2,(H,12,13);3H,2H2,1H3;2*1H/t14-,15?;11-,12?;8-;;;;/m111..../s1. The van der Waals surface area contributed by atoms with Gasteiger partial charge in [0.15, 0.2) is 0 Å². The number of carbonyl (C=O) groups excluding carboxylic acids is 7. The number of carboxylic acid groups (broad SMARTS) is 1. The van der Waals surface area contributed by atoms with Gasteiger partial charge < -0.3 is 85.6 Å². The summed E-state index contributed by atoms with van der Waals surface area (Å²) < 4.78 is 10.2. The van der Waals surface area contributed by atoms with Crippen LogP contribution in [0.1, 0.15) is 126 Å². The lowest BCUT2D eigenvalue weighted by Crippen LogP contribution is -2.55. The topological polar surface area (TPSA) is 410 Å². The summed E-state index contributed by atoms with van der Waals surface area (Å²) in [6.45, 7) is 24.0. The van der Waals surface area contributed by atoms with Crippen LogP contribution in [0.25, 0.3) is 0 Å². The van der Waals surface area contributed by atoms with E-state index in [1.807, 2.05) is 71.9 Å². The van der Waals surface area contributed by atoms with Gasteiger partial charge in [0.05, 0.1) is 46.2 Å². The lowest BCUT2D eigenvalue weighted by molar-refractivity contribution is -0.140. The molecule has 7 amide bonds. The highest BCUT2D eigenvalue weighted by Gasteiger charge is 2.34. The van der Waals surface area contributed by atoms with Crippen molar-refractivity contribution in [2.75, 3.05) is 39.8 Å². The van der Waals surface area contributed by atoms with Gasteiger partial charge >= 0.3 is 18.2 Å². The molecule has 24 nitrogen and oxygen atoms in total. The van der Waals surface area contributed by atoms with Crippen LogP contribution in [0.2, 0.25) is 0 Å². The number of nitrogens with one attached hydrogen (secondary N) is 7. The number of benzene rings is 3. The van der Waals surface area contributed by atoms with E-state index in [0.29, 0.717) is 78.6 Å². The van der Waals surface area contributed by atoms with Gasteiger partial charge in [-0.25, -0.2) is 14.4 Å². The number of aliphatic hydroxyl groups excluding tert-OH is 1. The van der Waals surface area contributed by atoms with Gasteiger partial charge in [0.1, 0.15) is 35.4 Å². The number of anilines is 6. The number of nitrogens with two attached hydrogens (primary N) is 5. The van der Waals surface area contributed by atoms with Gasteiger partial charge in [-0.15, -0.1) is 24.8 Å². The summed E-state index contributed by atoms with van der Waals surface area (Å²) in [4.78, 5) is 94.8. The molecule has 0 saturated heterocycles. The zero-order valence-corrected chi connectivity index (χ0v) is 51.7.